The monoisotopic (exact) mass is 180 g/mol. The van der Waals surface area contributed by atoms with Crippen molar-refractivity contribution in [2.75, 3.05) is 6.61 Å². The largest absolute Gasteiger partial charge is 0.457 e. The molecule has 0 saturated carbocycles. The predicted octanol–water partition coefficient (Wildman–Crippen LogP) is 0.490. The van der Waals surface area contributed by atoms with Crippen molar-refractivity contribution in [1.82, 2.24) is 0 Å². The molecule has 1 rings (SSSR count). The topological polar surface area (TPSA) is 46.5 Å². The molecule has 0 radical (unpaired) electrons. The minimum absolute atomic E-state index is 0.103. The lowest BCUT2D eigenvalue weighted by molar-refractivity contribution is -0.134. The normalized spacial score (nSPS) is 17.5. The number of carbonyl (C=O) groups excluding carboxylic acids is 1. The third-order valence-electron chi connectivity index (χ3n) is 1.67. The van der Waals surface area contributed by atoms with Gasteiger partial charge in [-0.3, -0.25) is 0 Å². The minimum Gasteiger partial charge on any atom is -0.457 e. The van der Waals surface area contributed by atoms with Crippen LogP contribution in [-0.2, 0) is 9.53 Å². The molecule has 1 aliphatic rings. The van der Waals surface area contributed by atoms with Gasteiger partial charge in [0.25, 0.3) is 0 Å². The molecule has 0 amide bonds. The second kappa shape index (κ2) is 4.11. The van der Waals surface area contributed by atoms with E-state index < -0.39 is 6.10 Å². The molecular formula is C10H12O3. The first-order chi connectivity index (χ1) is 6.09. The van der Waals surface area contributed by atoms with E-state index in [2.05, 4.69) is 16.6 Å². The average molecular weight is 180 g/mol. The molecule has 3 nitrogen and oxygen atoms in total. The lowest BCUT2D eigenvalue weighted by Gasteiger charge is -2.05. The molecular weight excluding hydrogens is 168 g/mol. The summed E-state index contributed by atoms with van der Waals surface area (Å²) in [7, 11) is 0. The van der Waals surface area contributed by atoms with Crippen LogP contribution in [0.4, 0.5) is 0 Å². The van der Waals surface area contributed by atoms with Crippen LogP contribution in [0.2, 0.25) is 0 Å². The van der Waals surface area contributed by atoms with Crippen molar-refractivity contribution >= 4 is 5.97 Å². The van der Waals surface area contributed by atoms with Crippen molar-refractivity contribution in [3.05, 3.63) is 11.6 Å². The second-order valence-corrected chi connectivity index (χ2v) is 3.24. The van der Waals surface area contributed by atoms with E-state index in [-0.39, 0.29) is 18.5 Å². The maximum absolute atomic E-state index is 10.6. The molecule has 3 heteroatoms. The number of carbonyl (C=O) groups is 1. The van der Waals surface area contributed by atoms with Crippen LogP contribution >= 0.6 is 0 Å². The highest BCUT2D eigenvalue weighted by molar-refractivity contribution is 5.86. The fourth-order valence-corrected chi connectivity index (χ4v) is 0.780. The number of ether oxygens (including phenoxy) is 1. The van der Waals surface area contributed by atoms with E-state index >= 15 is 0 Å². The molecule has 1 atom stereocenters. The Morgan fingerprint density at radius 1 is 1.62 bits per heavy atom. The lowest BCUT2D eigenvalue weighted by atomic mass is 10.1. The molecule has 70 valence electrons. The van der Waals surface area contributed by atoms with Crippen molar-refractivity contribution in [2.24, 2.45) is 5.92 Å². The summed E-state index contributed by atoms with van der Waals surface area (Å²) in [6.07, 6.45) is 0.705. The van der Waals surface area contributed by atoms with Crippen molar-refractivity contribution in [2.45, 2.75) is 20.0 Å². The van der Waals surface area contributed by atoms with E-state index in [1.165, 1.54) is 6.08 Å². The van der Waals surface area contributed by atoms with Crippen molar-refractivity contribution in [3.63, 3.8) is 0 Å². The fourth-order valence-electron chi connectivity index (χ4n) is 0.780. The Balaban J connectivity index is 2.57. The van der Waals surface area contributed by atoms with Crippen LogP contribution in [0.1, 0.15) is 13.8 Å². The van der Waals surface area contributed by atoms with E-state index in [4.69, 9.17) is 0 Å². The molecule has 0 aromatic heterocycles. The van der Waals surface area contributed by atoms with E-state index in [9.17, 15) is 9.90 Å². The summed E-state index contributed by atoms with van der Waals surface area (Å²) in [5.41, 5.74) is 0.629. The molecule has 0 aromatic rings. The zero-order chi connectivity index (χ0) is 9.84. The number of hydrogen-bond acceptors (Lipinski definition) is 3. The highest BCUT2D eigenvalue weighted by atomic mass is 16.5. The molecule has 0 aliphatic carbocycles. The Kier molecular flexibility index (Phi) is 3.10. The molecule has 1 heterocycles. The third kappa shape index (κ3) is 2.92. The summed E-state index contributed by atoms with van der Waals surface area (Å²) in [5, 5.41) is 9.33. The summed E-state index contributed by atoms with van der Waals surface area (Å²) in [6, 6.07) is 0. The number of aliphatic hydroxyl groups is 1. The van der Waals surface area contributed by atoms with Crippen LogP contribution in [0.25, 0.3) is 0 Å². The summed E-state index contributed by atoms with van der Waals surface area (Å²) in [5.74, 6) is 5.10. The second-order valence-electron chi connectivity index (χ2n) is 3.24. The fraction of sp³-hybridized carbons (Fsp3) is 0.500. The first-order valence-electron chi connectivity index (χ1n) is 4.16. The molecule has 0 saturated heterocycles. The number of hydrogen-bond donors (Lipinski definition) is 1. The van der Waals surface area contributed by atoms with Crippen LogP contribution in [0.5, 0.6) is 0 Å². The number of cyclic esters (lactones) is 1. The number of rotatable bonds is 1. The molecule has 13 heavy (non-hydrogen) atoms. The van der Waals surface area contributed by atoms with Gasteiger partial charge in [0.2, 0.25) is 0 Å². The quantitative estimate of drug-likeness (QED) is 0.472. The molecule has 0 fully saturated rings. The lowest BCUT2D eigenvalue weighted by Crippen LogP contribution is -2.11. The third-order valence-corrected chi connectivity index (χ3v) is 1.67. The van der Waals surface area contributed by atoms with Gasteiger partial charge in [-0.2, -0.15) is 0 Å². The van der Waals surface area contributed by atoms with Crippen LogP contribution in [0.3, 0.4) is 0 Å². The van der Waals surface area contributed by atoms with Gasteiger partial charge >= 0.3 is 5.97 Å². The summed E-state index contributed by atoms with van der Waals surface area (Å²) in [6.45, 7) is 3.99. The predicted molar refractivity (Wildman–Crippen MR) is 47.7 cm³/mol. The highest BCUT2D eigenvalue weighted by Gasteiger charge is 2.11. The van der Waals surface area contributed by atoms with E-state index in [0.717, 1.165) is 0 Å². The first-order valence-corrected chi connectivity index (χ1v) is 4.16. The van der Waals surface area contributed by atoms with Crippen LogP contribution < -0.4 is 0 Å². The van der Waals surface area contributed by atoms with Gasteiger partial charge < -0.3 is 9.84 Å². The number of esters is 1. The van der Waals surface area contributed by atoms with Gasteiger partial charge in [0.05, 0.1) is 0 Å². The summed E-state index contributed by atoms with van der Waals surface area (Å²) in [4.78, 5) is 10.6. The Morgan fingerprint density at radius 2 is 2.31 bits per heavy atom. The maximum Gasteiger partial charge on any atom is 0.332 e. The van der Waals surface area contributed by atoms with Gasteiger partial charge in [-0.25, -0.2) is 4.79 Å². The Hall–Kier alpha value is -1.27. The van der Waals surface area contributed by atoms with Crippen molar-refractivity contribution < 1.29 is 14.6 Å². The molecule has 0 aromatic carbocycles. The van der Waals surface area contributed by atoms with Crippen LogP contribution in [0, 0.1) is 17.8 Å². The van der Waals surface area contributed by atoms with Gasteiger partial charge in [0, 0.05) is 11.6 Å². The Bertz CT molecular complexity index is 291. The zero-order valence-corrected chi connectivity index (χ0v) is 7.70. The van der Waals surface area contributed by atoms with E-state index in [1.807, 2.05) is 13.8 Å². The van der Waals surface area contributed by atoms with Crippen molar-refractivity contribution in [3.8, 4) is 11.8 Å². The molecule has 0 spiro atoms. The molecule has 1 unspecified atom stereocenters. The zero-order valence-electron chi connectivity index (χ0n) is 7.70. The highest BCUT2D eigenvalue weighted by Crippen LogP contribution is 2.05. The smallest absolute Gasteiger partial charge is 0.332 e. The van der Waals surface area contributed by atoms with Crippen molar-refractivity contribution in [1.29, 1.82) is 0 Å². The molecule has 1 aliphatic heterocycles. The van der Waals surface area contributed by atoms with Gasteiger partial charge in [-0.1, -0.05) is 25.7 Å². The number of aliphatic hydroxyl groups excluding tert-OH is 1. The summed E-state index contributed by atoms with van der Waals surface area (Å²) >= 11 is 0. The van der Waals surface area contributed by atoms with Gasteiger partial charge in [0.1, 0.15) is 12.7 Å². The standard InChI is InChI=1S/C10H12O3/c1-7(2)9(11)4-3-8-5-10(12)13-6-8/h5,7,9,11H,6H2,1-2H3. The van der Waals surface area contributed by atoms with Crippen LogP contribution in [0.15, 0.2) is 11.6 Å². The average Bonchev–Trinajstić information content (AvgIpc) is 2.47. The SMILES string of the molecule is CC(C)C(O)C#CC1=CC(=O)OC1. The van der Waals surface area contributed by atoms with E-state index in [1.54, 1.807) is 0 Å². The molecule has 0 bridgehead atoms. The van der Waals surface area contributed by atoms with E-state index in [0.29, 0.717) is 5.57 Å². The van der Waals surface area contributed by atoms with Gasteiger partial charge in [-0.05, 0) is 5.92 Å². The molecule has 1 N–H and O–H groups in total. The van der Waals surface area contributed by atoms with Gasteiger partial charge in [-0.15, -0.1) is 0 Å². The maximum atomic E-state index is 10.6. The minimum atomic E-state index is -0.642. The summed E-state index contributed by atoms with van der Waals surface area (Å²) < 4.78 is 4.64. The van der Waals surface area contributed by atoms with Crippen LogP contribution in [-0.4, -0.2) is 23.8 Å². The first kappa shape index (κ1) is 9.82. The Labute approximate surface area is 77.4 Å². The Morgan fingerprint density at radius 3 is 2.77 bits per heavy atom. The van der Waals surface area contributed by atoms with Gasteiger partial charge in [0.15, 0.2) is 0 Å².